The van der Waals surface area contributed by atoms with Crippen molar-refractivity contribution in [3.63, 3.8) is 0 Å². The average Bonchev–Trinajstić information content (AvgIpc) is 2.85. The summed E-state index contributed by atoms with van der Waals surface area (Å²) >= 11 is 1.33. The first-order chi connectivity index (χ1) is 6.85. The van der Waals surface area contributed by atoms with Crippen molar-refractivity contribution in [2.24, 2.45) is 0 Å². The third kappa shape index (κ3) is 1.49. The standard InChI is InChI=1S/C8H9N3O2S/c1-13-8-10-7(6(4-12)14-8)11-3-2-9-5-11/h2-3,5,12H,4H2,1H3. The van der Waals surface area contributed by atoms with Gasteiger partial charge in [0.1, 0.15) is 6.33 Å². The normalized spacial score (nSPS) is 10.4. The first kappa shape index (κ1) is 9.17. The lowest BCUT2D eigenvalue weighted by Gasteiger charge is -1.97. The predicted octanol–water partition coefficient (Wildman–Crippen LogP) is 0.830. The zero-order chi connectivity index (χ0) is 9.97. The topological polar surface area (TPSA) is 60.2 Å². The summed E-state index contributed by atoms with van der Waals surface area (Å²) in [6.07, 6.45) is 5.06. The van der Waals surface area contributed by atoms with Gasteiger partial charge in [-0.25, -0.2) is 4.98 Å². The van der Waals surface area contributed by atoms with Gasteiger partial charge in [-0.15, -0.1) is 0 Å². The zero-order valence-corrected chi connectivity index (χ0v) is 8.36. The molecule has 2 rings (SSSR count). The molecule has 0 radical (unpaired) electrons. The minimum Gasteiger partial charge on any atom is -0.473 e. The van der Waals surface area contributed by atoms with Crippen LogP contribution in [0.2, 0.25) is 0 Å². The van der Waals surface area contributed by atoms with E-state index >= 15 is 0 Å². The molecule has 0 fully saturated rings. The number of imidazole rings is 1. The molecule has 0 aromatic carbocycles. The molecule has 0 aliphatic rings. The van der Waals surface area contributed by atoms with Gasteiger partial charge in [-0.3, -0.25) is 4.57 Å². The number of aromatic nitrogens is 3. The molecule has 14 heavy (non-hydrogen) atoms. The number of thiazole rings is 1. The molecular weight excluding hydrogens is 202 g/mol. The van der Waals surface area contributed by atoms with Crippen LogP contribution in [-0.2, 0) is 6.61 Å². The number of nitrogens with zero attached hydrogens (tertiary/aromatic N) is 3. The van der Waals surface area contributed by atoms with Crippen LogP contribution in [0.15, 0.2) is 18.7 Å². The number of hydrogen-bond acceptors (Lipinski definition) is 5. The third-order valence-corrected chi connectivity index (χ3v) is 2.71. The van der Waals surface area contributed by atoms with Gasteiger partial charge in [-0.05, 0) is 0 Å². The Morgan fingerprint density at radius 2 is 2.50 bits per heavy atom. The summed E-state index contributed by atoms with van der Waals surface area (Å²) in [5, 5.41) is 9.65. The molecule has 5 nitrogen and oxygen atoms in total. The molecule has 2 heterocycles. The van der Waals surface area contributed by atoms with Crippen molar-refractivity contribution in [1.82, 2.24) is 14.5 Å². The molecule has 0 spiro atoms. The lowest BCUT2D eigenvalue weighted by Crippen LogP contribution is -1.95. The summed E-state index contributed by atoms with van der Waals surface area (Å²) in [4.78, 5) is 8.88. The second kappa shape index (κ2) is 3.77. The Hall–Kier alpha value is -1.40. The Morgan fingerprint density at radius 1 is 1.64 bits per heavy atom. The van der Waals surface area contributed by atoms with Crippen molar-refractivity contribution in [3.8, 4) is 11.0 Å². The number of aliphatic hydroxyl groups excluding tert-OH is 1. The van der Waals surface area contributed by atoms with Gasteiger partial charge in [0.2, 0.25) is 0 Å². The maximum atomic E-state index is 9.11. The van der Waals surface area contributed by atoms with Crippen molar-refractivity contribution in [3.05, 3.63) is 23.6 Å². The van der Waals surface area contributed by atoms with Crippen LogP contribution in [0.1, 0.15) is 4.88 Å². The van der Waals surface area contributed by atoms with Crippen LogP contribution in [0.25, 0.3) is 5.82 Å². The van der Waals surface area contributed by atoms with E-state index in [-0.39, 0.29) is 6.61 Å². The third-order valence-electron chi connectivity index (χ3n) is 1.72. The van der Waals surface area contributed by atoms with E-state index in [0.29, 0.717) is 11.0 Å². The van der Waals surface area contributed by atoms with Crippen LogP contribution in [0.4, 0.5) is 0 Å². The number of aliphatic hydroxyl groups is 1. The summed E-state index contributed by atoms with van der Waals surface area (Å²) in [5.41, 5.74) is 0. The lowest BCUT2D eigenvalue weighted by atomic mass is 10.5. The number of hydrogen-bond donors (Lipinski definition) is 1. The fourth-order valence-electron chi connectivity index (χ4n) is 1.10. The van der Waals surface area contributed by atoms with Crippen molar-refractivity contribution in [2.45, 2.75) is 6.61 Å². The molecule has 0 saturated heterocycles. The molecule has 0 saturated carbocycles. The van der Waals surface area contributed by atoms with Crippen LogP contribution in [0.3, 0.4) is 0 Å². The Balaban J connectivity index is 2.46. The lowest BCUT2D eigenvalue weighted by molar-refractivity contribution is 0.285. The molecule has 0 aliphatic carbocycles. The Bertz CT molecular complexity index is 410. The maximum absolute atomic E-state index is 9.11. The Morgan fingerprint density at radius 3 is 3.07 bits per heavy atom. The molecule has 0 aliphatic heterocycles. The molecule has 0 unspecified atom stereocenters. The van der Waals surface area contributed by atoms with Gasteiger partial charge < -0.3 is 9.84 Å². The van der Waals surface area contributed by atoms with Crippen molar-refractivity contribution in [1.29, 1.82) is 0 Å². The molecule has 1 N–H and O–H groups in total. The van der Waals surface area contributed by atoms with E-state index in [2.05, 4.69) is 9.97 Å². The highest BCUT2D eigenvalue weighted by Gasteiger charge is 2.11. The highest BCUT2D eigenvalue weighted by Crippen LogP contribution is 2.27. The Kier molecular flexibility index (Phi) is 2.47. The molecule has 2 aromatic rings. The monoisotopic (exact) mass is 211 g/mol. The summed E-state index contributed by atoms with van der Waals surface area (Å²) in [6, 6.07) is 0. The highest BCUT2D eigenvalue weighted by atomic mass is 32.1. The van der Waals surface area contributed by atoms with Gasteiger partial charge in [0.25, 0.3) is 5.19 Å². The molecule has 2 aromatic heterocycles. The van der Waals surface area contributed by atoms with Crippen LogP contribution in [0.5, 0.6) is 5.19 Å². The summed E-state index contributed by atoms with van der Waals surface area (Å²) < 4.78 is 6.74. The molecule has 6 heteroatoms. The van der Waals surface area contributed by atoms with E-state index in [1.807, 2.05) is 0 Å². The largest absolute Gasteiger partial charge is 0.473 e. The van der Waals surface area contributed by atoms with Crippen molar-refractivity contribution in [2.75, 3.05) is 7.11 Å². The average molecular weight is 211 g/mol. The quantitative estimate of drug-likeness (QED) is 0.816. The maximum Gasteiger partial charge on any atom is 0.275 e. The number of rotatable bonds is 3. The Labute approximate surface area is 84.6 Å². The fraction of sp³-hybridized carbons (Fsp3) is 0.250. The summed E-state index contributed by atoms with van der Waals surface area (Å²) in [7, 11) is 1.55. The molecular formula is C8H9N3O2S. The second-order valence-electron chi connectivity index (χ2n) is 2.56. The fourth-order valence-corrected chi connectivity index (χ4v) is 1.83. The van der Waals surface area contributed by atoms with Gasteiger partial charge >= 0.3 is 0 Å². The van der Waals surface area contributed by atoms with Crippen LogP contribution < -0.4 is 4.74 Å². The van der Waals surface area contributed by atoms with Gasteiger partial charge in [0, 0.05) is 12.4 Å². The molecule has 0 atom stereocenters. The number of methoxy groups -OCH3 is 1. The van der Waals surface area contributed by atoms with E-state index in [1.54, 1.807) is 30.4 Å². The molecule has 74 valence electrons. The molecule has 0 amide bonds. The van der Waals surface area contributed by atoms with Gasteiger partial charge in [-0.1, -0.05) is 11.3 Å². The van der Waals surface area contributed by atoms with E-state index in [0.717, 1.165) is 4.88 Å². The van der Waals surface area contributed by atoms with E-state index < -0.39 is 0 Å². The van der Waals surface area contributed by atoms with Crippen LogP contribution in [-0.4, -0.2) is 26.8 Å². The van der Waals surface area contributed by atoms with Crippen LogP contribution >= 0.6 is 11.3 Å². The highest BCUT2D eigenvalue weighted by molar-refractivity contribution is 7.13. The van der Waals surface area contributed by atoms with E-state index in [1.165, 1.54) is 11.3 Å². The first-order valence-electron chi connectivity index (χ1n) is 3.98. The van der Waals surface area contributed by atoms with Crippen LogP contribution in [0, 0.1) is 0 Å². The van der Waals surface area contributed by atoms with Gasteiger partial charge in [-0.2, -0.15) is 4.98 Å². The summed E-state index contributed by atoms with van der Waals surface area (Å²) in [5.74, 6) is 0.673. The second-order valence-corrected chi connectivity index (χ2v) is 3.60. The summed E-state index contributed by atoms with van der Waals surface area (Å²) in [6.45, 7) is -0.0471. The van der Waals surface area contributed by atoms with Crippen molar-refractivity contribution < 1.29 is 9.84 Å². The predicted molar refractivity (Wildman–Crippen MR) is 51.7 cm³/mol. The zero-order valence-electron chi connectivity index (χ0n) is 7.54. The first-order valence-corrected chi connectivity index (χ1v) is 4.79. The van der Waals surface area contributed by atoms with Gasteiger partial charge in [0.15, 0.2) is 5.82 Å². The van der Waals surface area contributed by atoms with Crippen molar-refractivity contribution >= 4 is 11.3 Å². The smallest absolute Gasteiger partial charge is 0.275 e. The minimum atomic E-state index is -0.0471. The SMILES string of the molecule is COc1nc(-n2ccnc2)c(CO)s1. The number of ether oxygens (including phenoxy) is 1. The minimum absolute atomic E-state index is 0.0471. The van der Waals surface area contributed by atoms with E-state index in [9.17, 15) is 0 Å². The van der Waals surface area contributed by atoms with E-state index in [4.69, 9.17) is 9.84 Å². The molecule has 0 bridgehead atoms. The van der Waals surface area contributed by atoms with Gasteiger partial charge in [0.05, 0.1) is 18.6 Å².